The van der Waals surface area contributed by atoms with E-state index in [0.29, 0.717) is 17.0 Å². The zero-order valence-electron chi connectivity index (χ0n) is 24.0. The highest BCUT2D eigenvalue weighted by Crippen LogP contribution is 2.32. The maximum atomic E-state index is 12.7. The van der Waals surface area contributed by atoms with Crippen LogP contribution >= 0.6 is 0 Å². The van der Waals surface area contributed by atoms with Crippen LogP contribution in [-0.2, 0) is 30.5 Å². The molecular formula is C27H42N4O9. The van der Waals surface area contributed by atoms with Crippen LogP contribution in [0.1, 0.15) is 59.9 Å². The number of nitrogens with zero attached hydrogens (tertiary/aromatic N) is 1. The largest absolute Gasteiger partial charge is 0.465 e. The van der Waals surface area contributed by atoms with Crippen molar-refractivity contribution in [2.75, 3.05) is 25.0 Å². The molecule has 40 heavy (non-hydrogen) atoms. The van der Waals surface area contributed by atoms with Gasteiger partial charge in [0.15, 0.2) is 0 Å². The molecule has 1 aromatic rings. The summed E-state index contributed by atoms with van der Waals surface area (Å²) in [4.78, 5) is 48.1. The van der Waals surface area contributed by atoms with Crippen LogP contribution < -0.4 is 20.7 Å². The Morgan fingerprint density at radius 3 is 2.42 bits per heavy atom. The predicted octanol–water partition coefficient (Wildman–Crippen LogP) is 1.83. The maximum Gasteiger partial charge on any atom is 0.408 e. The lowest BCUT2D eigenvalue weighted by Crippen LogP contribution is -2.48. The van der Waals surface area contributed by atoms with E-state index in [2.05, 4.69) is 16.0 Å². The van der Waals surface area contributed by atoms with Gasteiger partial charge < -0.3 is 40.4 Å². The number of aliphatic hydroxyl groups is 1. The Hall–Kier alpha value is -3.58. The van der Waals surface area contributed by atoms with Crippen molar-refractivity contribution in [3.05, 3.63) is 23.8 Å². The molecule has 0 radical (unpaired) electrons. The van der Waals surface area contributed by atoms with E-state index < -0.39 is 47.9 Å². The van der Waals surface area contributed by atoms with E-state index in [0.717, 1.165) is 4.90 Å². The standard InChI is InChI=1S/C25H36N4O9.C2H6/c1-14(2)28-18-6-5-16(12-36-15(3)30)9-19(18)37-21-11-17(31)10-20(38-21)22(32)26-7-8-27-23(33)25(4)13-29(25)24(34)35;1-2/h5-6,9,14,17,20-21,28,31H,7-8,10-13H2,1-4H3,(H,26,32)(H,27,33)(H,34,35);1-2H3. The summed E-state index contributed by atoms with van der Waals surface area (Å²) in [6, 6.07) is 5.41. The zero-order chi connectivity index (χ0) is 30.0. The fourth-order valence-corrected chi connectivity index (χ4v) is 4.03. The molecule has 0 spiro atoms. The first-order valence-electron chi connectivity index (χ1n) is 13.5. The number of anilines is 1. The normalized spacial score (nSPS) is 23.3. The van der Waals surface area contributed by atoms with E-state index in [9.17, 15) is 24.3 Å². The molecule has 5 N–H and O–H groups in total. The van der Waals surface area contributed by atoms with Gasteiger partial charge in [-0.05, 0) is 38.5 Å². The Kier molecular flexibility index (Phi) is 12.0. The van der Waals surface area contributed by atoms with Crippen LogP contribution in [0.3, 0.4) is 0 Å². The van der Waals surface area contributed by atoms with Crippen molar-refractivity contribution in [1.82, 2.24) is 15.5 Å². The highest BCUT2D eigenvalue weighted by atomic mass is 16.7. The number of carboxylic acid groups (broad SMARTS) is 1. The van der Waals surface area contributed by atoms with Gasteiger partial charge in [0.05, 0.1) is 18.3 Å². The van der Waals surface area contributed by atoms with Crippen LogP contribution in [0.4, 0.5) is 10.5 Å². The summed E-state index contributed by atoms with van der Waals surface area (Å²) in [5.74, 6) is -0.893. The highest BCUT2D eigenvalue weighted by Gasteiger charge is 2.57. The summed E-state index contributed by atoms with van der Waals surface area (Å²) in [7, 11) is 0. The van der Waals surface area contributed by atoms with E-state index in [1.165, 1.54) is 13.8 Å². The second-order valence-corrected chi connectivity index (χ2v) is 9.90. The van der Waals surface area contributed by atoms with Crippen molar-refractivity contribution in [1.29, 1.82) is 0 Å². The summed E-state index contributed by atoms with van der Waals surface area (Å²) in [6.45, 7) is 11.2. The number of hydrogen-bond donors (Lipinski definition) is 5. The quantitative estimate of drug-likeness (QED) is 0.151. The molecule has 2 fully saturated rings. The van der Waals surface area contributed by atoms with Crippen LogP contribution in [-0.4, -0.2) is 88.7 Å². The minimum Gasteiger partial charge on any atom is -0.465 e. The predicted molar refractivity (Wildman–Crippen MR) is 146 cm³/mol. The molecule has 1 aromatic carbocycles. The first kappa shape index (κ1) is 32.6. The Labute approximate surface area is 234 Å². The van der Waals surface area contributed by atoms with Crippen molar-refractivity contribution < 1.29 is 43.6 Å². The molecule has 13 nitrogen and oxygen atoms in total. The molecule has 2 heterocycles. The third kappa shape index (κ3) is 9.26. The van der Waals surface area contributed by atoms with Crippen molar-refractivity contribution in [2.45, 2.75) is 91.1 Å². The maximum absolute atomic E-state index is 12.7. The molecule has 3 rings (SSSR count). The van der Waals surface area contributed by atoms with Gasteiger partial charge in [0.2, 0.25) is 18.1 Å². The minimum absolute atomic E-state index is 0.0663. The number of hydrogen-bond acceptors (Lipinski definition) is 9. The molecule has 13 heteroatoms. The van der Waals surface area contributed by atoms with Crippen molar-refractivity contribution >= 4 is 29.6 Å². The van der Waals surface area contributed by atoms with E-state index in [4.69, 9.17) is 19.3 Å². The lowest BCUT2D eigenvalue weighted by Gasteiger charge is -2.33. The number of carbonyl (C=O) groups is 4. The monoisotopic (exact) mass is 566 g/mol. The number of nitrogens with one attached hydrogen (secondary N) is 3. The molecule has 2 aliphatic rings. The van der Waals surface area contributed by atoms with Crippen LogP contribution in [0.2, 0.25) is 0 Å². The topological polar surface area (TPSA) is 176 Å². The molecular weight excluding hydrogens is 524 g/mol. The Morgan fingerprint density at radius 1 is 1.15 bits per heavy atom. The number of aliphatic hydroxyl groups excluding tert-OH is 1. The lowest BCUT2D eigenvalue weighted by atomic mass is 10.0. The average Bonchev–Trinajstić information content (AvgIpc) is 3.60. The lowest BCUT2D eigenvalue weighted by molar-refractivity contribution is -0.184. The molecule has 0 aromatic heterocycles. The molecule has 2 aliphatic heterocycles. The van der Waals surface area contributed by atoms with Crippen LogP contribution in [0.25, 0.3) is 0 Å². The molecule has 4 atom stereocenters. The number of amides is 3. The molecule has 3 amide bonds. The first-order valence-corrected chi connectivity index (χ1v) is 13.5. The number of rotatable bonds is 11. The fourth-order valence-electron chi connectivity index (χ4n) is 4.03. The number of esters is 1. The van der Waals surface area contributed by atoms with Gasteiger partial charge in [-0.2, -0.15) is 0 Å². The summed E-state index contributed by atoms with van der Waals surface area (Å²) in [5, 5.41) is 27.9. The Morgan fingerprint density at radius 2 is 1.82 bits per heavy atom. The van der Waals surface area contributed by atoms with E-state index in [-0.39, 0.29) is 45.1 Å². The van der Waals surface area contributed by atoms with Crippen LogP contribution in [0, 0.1) is 0 Å². The van der Waals surface area contributed by atoms with Gasteiger partial charge >= 0.3 is 12.1 Å². The van der Waals surface area contributed by atoms with Gasteiger partial charge in [0, 0.05) is 38.9 Å². The Bertz CT molecular complexity index is 1050. The Balaban J connectivity index is 0.00000274. The van der Waals surface area contributed by atoms with Crippen molar-refractivity contribution in [3.63, 3.8) is 0 Å². The molecule has 0 saturated carbocycles. The zero-order valence-corrected chi connectivity index (χ0v) is 24.0. The van der Waals surface area contributed by atoms with Crippen molar-refractivity contribution in [3.8, 4) is 5.75 Å². The molecule has 2 saturated heterocycles. The number of benzene rings is 1. The van der Waals surface area contributed by atoms with Gasteiger partial charge in [0.25, 0.3) is 0 Å². The van der Waals surface area contributed by atoms with Crippen LogP contribution in [0.15, 0.2) is 18.2 Å². The third-order valence-electron chi connectivity index (χ3n) is 6.14. The molecule has 4 unspecified atom stereocenters. The first-order chi connectivity index (χ1) is 18.9. The van der Waals surface area contributed by atoms with E-state index in [1.54, 1.807) is 18.2 Å². The second-order valence-electron chi connectivity index (χ2n) is 9.90. The SMILES string of the molecule is CC.CC(=O)OCc1ccc(NC(C)C)c(OC2CC(O)CC(C(=O)NCCNC(=O)C3(C)CN3C(=O)O)O2)c1. The van der Waals surface area contributed by atoms with Crippen LogP contribution in [0.5, 0.6) is 5.75 Å². The third-order valence-corrected chi connectivity index (χ3v) is 6.14. The van der Waals surface area contributed by atoms with E-state index >= 15 is 0 Å². The second kappa shape index (κ2) is 14.7. The van der Waals surface area contributed by atoms with Gasteiger partial charge in [-0.15, -0.1) is 0 Å². The molecule has 224 valence electrons. The number of ether oxygens (including phenoxy) is 3. The molecule has 0 aliphatic carbocycles. The summed E-state index contributed by atoms with van der Waals surface area (Å²) >= 11 is 0. The fraction of sp³-hybridized carbons (Fsp3) is 0.630. The van der Waals surface area contributed by atoms with Gasteiger partial charge in [-0.25, -0.2) is 4.79 Å². The highest BCUT2D eigenvalue weighted by molar-refractivity contribution is 5.94. The smallest absolute Gasteiger partial charge is 0.408 e. The molecule has 0 bridgehead atoms. The van der Waals surface area contributed by atoms with Gasteiger partial charge in [0.1, 0.15) is 24.0 Å². The number of carbonyl (C=O) groups excluding carboxylic acids is 3. The summed E-state index contributed by atoms with van der Waals surface area (Å²) in [5.41, 5.74) is 0.289. The minimum atomic E-state index is -1.16. The summed E-state index contributed by atoms with van der Waals surface area (Å²) in [6.07, 6.45) is -3.67. The van der Waals surface area contributed by atoms with E-state index in [1.807, 2.05) is 27.7 Å². The van der Waals surface area contributed by atoms with Crippen molar-refractivity contribution in [2.24, 2.45) is 0 Å². The average molecular weight is 567 g/mol. The van der Waals surface area contributed by atoms with Gasteiger partial charge in [-0.3, -0.25) is 19.3 Å². The van der Waals surface area contributed by atoms with Gasteiger partial charge in [-0.1, -0.05) is 19.9 Å². The summed E-state index contributed by atoms with van der Waals surface area (Å²) < 4.78 is 16.9.